The number of sulfone groups is 1. The monoisotopic (exact) mass is 942 g/mol. The van der Waals surface area contributed by atoms with Crippen molar-refractivity contribution in [3.05, 3.63) is 131 Å². The van der Waals surface area contributed by atoms with Gasteiger partial charge < -0.3 is 24.4 Å². The number of carbonyl (C=O) groups is 4. The Morgan fingerprint density at radius 3 is 1.70 bits per heavy atom. The molecule has 2 fully saturated rings. The zero-order valence-electron chi connectivity index (χ0n) is 35.3. The van der Waals surface area contributed by atoms with E-state index in [2.05, 4.69) is 15.1 Å². The second-order valence-electron chi connectivity index (χ2n) is 15.1. The fourth-order valence-electron chi connectivity index (χ4n) is 6.78. The van der Waals surface area contributed by atoms with Gasteiger partial charge in [0.05, 0.1) is 31.1 Å². The molecule has 0 bridgehead atoms. The number of rotatable bonds is 12. The van der Waals surface area contributed by atoms with Crippen LogP contribution in [-0.4, -0.2) is 128 Å². The highest BCUT2D eigenvalue weighted by molar-refractivity contribution is 7.91. The van der Waals surface area contributed by atoms with E-state index < -0.39 is 64.5 Å². The van der Waals surface area contributed by atoms with E-state index in [1.54, 1.807) is 52.7 Å². The zero-order valence-corrected chi connectivity index (χ0v) is 36.2. The number of halogens is 6. The van der Waals surface area contributed by atoms with Crippen molar-refractivity contribution in [2.45, 2.75) is 25.9 Å². The first-order valence-electron chi connectivity index (χ1n) is 20.4. The van der Waals surface area contributed by atoms with Gasteiger partial charge in [0.1, 0.15) is 11.6 Å². The van der Waals surface area contributed by atoms with Crippen molar-refractivity contribution in [2.24, 2.45) is 0 Å². The van der Waals surface area contributed by atoms with Gasteiger partial charge in [0, 0.05) is 72.9 Å². The van der Waals surface area contributed by atoms with E-state index in [0.717, 1.165) is 25.2 Å². The predicted octanol–water partition coefficient (Wildman–Crippen LogP) is 6.43. The van der Waals surface area contributed by atoms with Crippen LogP contribution < -0.4 is 15.1 Å². The molecule has 350 valence electrons. The van der Waals surface area contributed by atoms with Crippen LogP contribution in [0, 0.1) is 11.6 Å². The van der Waals surface area contributed by atoms with Crippen LogP contribution >= 0.6 is 0 Å². The molecule has 0 radical (unpaired) electrons. The van der Waals surface area contributed by atoms with Gasteiger partial charge in [-0.05, 0) is 49.5 Å². The van der Waals surface area contributed by atoms with E-state index in [0.29, 0.717) is 24.5 Å². The zero-order chi connectivity index (χ0) is 47.5. The standard InChI is InChI=1S/C22H22F3N5O2.C22H22F3N3O5S/c1-28-9-11-29(12-10-28)22(31)30(17-5-3-2-4-6-17)14-16-8-7-15(13-18(16)23)20-26-27-21(32-20)19(24)25;23-18-12-15(19(29)13-26-21(30)20(24)25)6-7-16(18)14-28(17-4-2-1-3-5-17)22(31)27-8-10-34(32,33)11-9-27/h2-8,13,19H,9-12,14H2,1H3;1-7,12,20H,8-11,13-14H2,(H,26,30). The molecule has 22 heteroatoms. The smallest absolute Gasteiger partial charge is 0.324 e. The van der Waals surface area contributed by atoms with Crippen molar-refractivity contribution in [3.63, 3.8) is 0 Å². The average molecular weight is 943 g/mol. The predicted molar refractivity (Wildman–Crippen MR) is 230 cm³/mol. The normalized spacial score (nSPS) is 14.9. The van der Waals surface area contributed by atoms with Crippen LogP contribution in [0.5, 0.6) is 0 Å². The fraction of sp³-hybridized carbons (Fsp3) is 0.318. The van der Waals surface area contributed by atoms with Crippen LogP contribution in [0.4, 0.5) is 47.3 Å². The first kappa shape index (κ1) is 48.6. The molecule has 2 saturated heterocycles. The maximum Gasteiger partial charge on any atom is 0.324 e. The molecule has 15 nitrogen and oxygen atoms in total. The van der Waals surface area contributed by atoms with Crippen molar-refractivity contribution in [2.75, 3.05) is 74.2 Å². The van der Waals surface area contributed by atoms with Crippen LogP contribution in [-0.2, 0) is 27.7 Å². The second-order valence-corrected chi connectivity index (χ2v) is 17.4. The lowest BCUT2D eigenvalue weighted by atomic mass is 10.1. The van der Waals surface area contributed by atoms with Crippen LogP contribution in [0.15, 0.2) is 101 Å². The van der Waals surface area contributed by atoms with Gasteiger partial charge >= 0.3 is 24.9 Å². The van der Waals surface area contributed by atoms with E-state index in [4.69, 9.17) is 4.42 Å². The third-order valence-corrected chi connectivity index (χ3v) is 12.2. The van der Waals surface area contributed by atoms with Crippen molar-refractivity contribution in [1.29, 1.82) is 0 Å². The molecule has 2 aliphatic rings. The van der Waals surface area contributed by atoms with Crippen LogP contribution in [0.1, 0.15) is 33.8 Å². The van der Waals surface area contributed by atoms with Gasteiger partial charge in [-0.2, -0.15) is 17.6 Å². The summed E-state index contributed by atoms with van der Waals surface area (Å²) in [6.45, 7) is 1.84. The van der Waals surface area contributed by atoms with Gasteiger partial charge in [0.15, 0.2) is 15.6 Å². The number of nitrogens with zero attached hydrogens (tertiary/aromatic N) is 7. The van der Waals surface area contributed by atoms with Gasteiger partial charge in [-0.3, -0.25) is 19.4 Å². The number of hydrogen-bond acceptors (Lipinski definition) is 10. The van der Waals surface area contributed by atoms with Crippen LogP contribution in [0.25, 0.3) is 11.5 Å². The Bertz CT molecular complexity index is 2590. The lowest BCUT2D eigenvalue weighted by molar-refractivity contribution is -0.131. The molecular weight excluding hydrogens is 899 g/mol. The highest BCUT2D eigenvalue weighted by Gasteiger charge is 2.30. The number of carbonyl (C=O) groups excluding carboxylic acids is 4. The molecule has 0 unspecified atom stereocenters. The summed E-state index contributed by atoms with van der Waals surface area (Å²) in [4.78, 5) is 57.6. The minimum atomic E-state index is -3.27. The van der Waals surface area contributed by atoms with Crippen molar-refractivity contribution >= 4 is 45.0 Å². The number of para-hydroxylation sites is 2. The molecule has 0 saturated carbocycles. The topological polar surface area (TPSA) is 170 Å². The summed E-state index contributed by atoms with van der Waals surface area (Å²) in [6, 6.07) is 24.4. The molecule has 66 heavy (non-hydrogen) atoms. The highest BCUT2D eigenvalue weighted by atomic mass is 32.2. The Morgan fingerprint density at radius 2 is 1.21 bits per heavy atom. The first-order valence-corrected chi connectivity index (χ1v) is 22.2. The summed E-state index contributed by atoms with van der Waals surface area (Å²) < 4.78 is 108. The summed E-state index contributed by atoms with van der Waals surface area (Å²) in [5.41, 5.74) is 1.52. The maximum atomic E-state index is 14.9. The Labute approximate surface area is 375 Å². The Balaban J connectivity index is 0.000000219. The van der Waals surface area contributed by atoms with Crippen molar-refractivity contribution < 1.29 is 58.4 Å². The Morgan fingerprint density at radius 1 is 0.697 bits per heavy atom. The molecule has 3 heterocycles. The third-order valence-electron chi connectivity index (χ3n) is 10.6. The molecular formula is C44H44F6N8O7S. The molecule has 0 aliphatic carbocycles. The minimum absolute atomic E-state index is 0.00736. The van der Waals surface area contributed by atoms with Gasteiger partial charge in [-0.15, -0.1) is 10.2 Å². The van der Waals surface area contributed by atoms with E-state index in [9.17, 15) is 53.9 Å². The molecule has 5 aromatic rings. The van der Waals surface area contributed by atoms with Crippen LogP contribution in [0.2, 0.25) is 0 Å². The molecule has 1 N–H and O–H groups in total. The lowest BCUT2D eigenvalue weighted by Gasteiger charge is -2.36. The molecule has 7 rings (SSSR count). The number of anilines is 2. The number of benzene rings is 4. The number of alkyl halides is 4. The number of hydrogen-bond donors (Lipinski definition) is 1. The molecule has 2 aliphatic heterocycles. The summed E-state index contributed by atoms with van der Waals surface area (Å²) in [5, 5.41) is 8.57. The molecule has 5 amide bonds. The first-order chi connectivity index (χ1) is 31.5. The van der Waals surface area contributed by atoms with Crippen molar-refractivity contribution in [3.8, 4) is 11.5 Å². The van der Waals surface area contributed by atoms with E-state index in [1.165, 1.54) is 39.0 Å². The second kappa shape index (κ2) is 21.9. The highest BCUT2D eigenvalue weighted by Crippen LogP contribution is 2.27. The van der Waals surface area contributed by atoms with Gasteiger partial charge in [0.25, 0.3) is 11.8 Å². The molecule has 1 aromatic heterocycles. The minimum Gasteiger partial charge on any atom is -0.415 e. The van der Waals surface area contributed by atoms with E-state index >= 15 is 0 Å². The quantitative estimate of drug-likeness (QED) is 0.109. The molecule has 4 aromatic carbocycles. The average Bonchev–Trinajstić information content (AvgIpc) is 3.82. The Hall–Kier alpha value is -6.81. The van der Waals surface area contributed by atoms with Crippen molar-refractivity contribution in [1.82, 2.24) is 30.2 Å². The number of ketones is 1. The summed E-state index contributed by atoms with van der Waals surface area (Å²) in [7, 11) is -1.20. The number of Topliss-reactive ketones (excluding diaryl/α,β-unsaturated/α-hetero) is 1. The summed E-state index contributed by atoms with van der Waals surface area (Å²) in [6.07, 6.45) is -6.17. The third kappa shape index (κ3) is 12.7. The summed E-state index contributed by atoms with van der Waals surface area (Å²) in [5.74, 6) is -5.11. The number of aromatic nitrogens is 2. The number of nitrogens with one attached hydrogen (secondary N) is 1. The maximum absolute atomic E-state index is 14.9. The number of amides is 5. The number of likely N-dealkylation sites (N-methyl/N-ethyl adjacent to an activating group) is 1. The van der Waals surface area contributed by atoms with Crippen LogP contribution in [0.3, 0.4) is 0 Å². The van der Waals surface area contributed by atoms with Gasteiger partial charge in [-0.25, -0.2) is 26.8 Å². The van der Waals surface area contributed by atoms with E-state index in [-0.39, 0.29) is 71.9 Å². The molecule has 0 spiro atoms. The van der Waals surface area contributed by atoms with Gasteiger partial charge in [-0.1, -0.05) is 54.6 Å². The van der Waals surface area contributed by atoms with Gasteiger partial charge in [0.2, 0.25) is 5.89 Å². The van der Waals surface area contributed by atoms with E-state index in [1.807, 2.05) is 25.2 Å². The lowest BCUT2D eigenvalue weighted by Crippen LogP contribution is -2.52. The SMILES string of the molecule is CN1CCN(C(=O)N(Cc2ccc(-c3nnc(C(F)F)o3)cc2F)c2ccccc2)CC1.O=C(CNC(=O)C(F)F)c1ccc(CN(C(=O)N2CCS(=O)(=O)CC2)c2ccccc2)c(F)c1. The largest absolute Gasteiger partial charge is 0.415 e. The molecule has 0 atom stereocenters. The fourth-order valence-corrected chi connectivity index (χ4v) is 7.98. The Kier molecular flexibility index (Phi) is 16.2. The number of urea groups is 2. The summed E-state index contributed by atoms with van der Waals surface area (Å²) >= 11 is 0. The number of piperazine rings is 1.